The maximum absolute atomic E-state index is 5.88. The van der Waals surface area contributed by atoms with Crippen LogP contribution < -0.4 is 10.6 Å². The summed E-state index contributed by atoms with van der Waals surface area (Å²) in [7, 11) is 1.78. The summed E-state index contributed by atoms with van der Waals surface area (Å²) in [5.41, 5.74) is 5.88. The van der Waals surface area contributed by atoms with E-state index >= 15 is 0 Å². The van der Waals surface area contributed by atoms with Gasteiger partial charge in [0.25, 0.3) is 0 Å². The fourth-order valence-corrected chi connectivity index (χ4v) is 3.68. The molecule has 1 unspecified atom stereocenters. The van der Waals surface area contributed by atoms with Crippen molar-refractivity contribution in [1.29, 1.82) is 0 Å². The van der Waals surface area contributed by atoms with Crippen LogP contribution in [-0.2, 0) is 11.2 Å². The molecule has 0 aliphatic carbocycles. The number of rotatable bonds is 3. The second kappa shape index (κ2) is 5.54. The molecule has 0 saturated carbocycles. The number of nitrogen functional groups attached to an aromatic ring is 1. The summed E-state index contributed by atoms with van der Waals surface area (Å²) in [6, 6.07) is 2.20. The molecule has 1 aliphatic rings. The van der Waals surface area contributed by atoms with Crippen LogP contribution in [0.5, 0.6) is 0 Å². The van der Waals surface area contributed by atoms with E-state index in [2.05, 4.69) is 27.9 Å². The molecule has 0 radical (unpaired) electrons. The summed E-state index contributed by atoms with van der Waals surface area (Å²) in [5, 5.41) is 1.12. The zero-order chi connectivity index (χ0) is 14.1. The van der Waals surface area contributed by atoms with Crippen LogP contribution in [0.3, 0.4) is 0 Å². The average Bonchev–Trinajstić information content (AvgIpc) is 2.89. The number of aromatic nitrogens is 2. The molecule has 1 atom stereocenters. The van der Waals surface area contributed by atoms with Gasteiger partial charge in [0.05, 0.1) is 11.5 Å². The van der Waals surface area contributed by atoms with Gasteiger partial charge in [0, 0.05) is 25.1 Å². The molecule has 3 rings (SSSR count). The molecule has 2 aromatic rings. The SMILES string of the molecule is CCc1cc2c(N3CCCC(OC)C3)nc(N)nc2s1. The first-order valence-electron chi connectivity index (χ1n) is 7.05. The van der Waals surface area contributed by atoms with Gasteiger partial charge in [0.2, 0.25) is 5.95 Å². The summed E-state index contributed by atoms with van der Waals surface area (Å²) in [6.07, 6.45) is 3.52. The molecule has 2 N–H and O–H groups in total. The van der Waals surface area contributed by atoms with Gasteiger partial charge in [-0.1, -0.05) is 6.92 Å². The molecule has 20 heavy (non-hydrogen) atoms. The van der Waals surface area contributed by atoms with Gasteiger partial charge in [-0.2, -0.15) is 4.98 Å². The van der Waals surface area contributed by atoms with Crippen molar-refractivity contribution >= 4 is 33.3 Å². The molecule has 0 aromatic carbocycles. The van der Waals surface area contributed by atoms with Crippen LogP contribution in [0.15, 0.2) is 6.07 Å². The van der Waals surface area contributed by atoms with Crippen molar-refractivity contribution in [1.82, 2.24) is 9.97 Å². The Morgan fingerprint density at radius 1 is 1.50 bits per heavy atom. The topological polar surface area (TPSA) is 64.3 Å². The van der Waals surface area contributed by atoms with Gasteiger partial charge in [-0.05, 0) is 25.3 Å². The number of ether oxygens (including phenoxy) is 1. The summed E-state index contributed by atoms with van der Waals surface area (Å²) < 4.78 is 5.50. The van der Waals surface area contributed by atoms with Crippen molar-refractivity contribution < 1.29 is 4.74 Å². The molecule has 0 amide bonds. The predicted molar refractivity (Wildman–Crippen MR) is 83.4 cm³/mol. The van der Waals surface area contributed by atoms with E-state index in [4.69, 9.17) is 10.5 Å². The number of aryl methyl sites for hydroxylation is 1. The zero-order valence-corrected chi connectivity index (χ0v) is 12.7. The van der Waals surface area contributed by atoms with Gasteiger partial charge in [-0.25, -0.2) is 4.98 Å². The maximum atomic E-state index is 5.88. The Hall–Kier alpha value is -1.40. The normalized spacial score (nSPS) is 19.7. The Balaban J connectivity index is 2.03. The van der Waals surface area contributed by atoms with Crippen LogP contribution in [0.1, 0.15) is 24.6 Å². The second-order valence-corrected chi connectivity index (χ2v) is 6.25. The van der Waals surface area contributed by atoms with Crippen LogP contribution in [0.25, 0.3) is 10.2 Å². The van der Waals surface area contributed by atoms with Crippen LogP contribution in [0.4, 0.5) is 11.8 Å². The average molecular weight is 292 g/mol. The zero-order valence-electron chi connectivity index (χ0n) is 11.9. The summed E-state index contributed by atoms with van der Waals surface area (Å²) in [4.78, 5) is 13.4. The lowest BCUT2D eigenvalue weighted by molar-refractivity contribution is 0.0892. The minimum absolute atomic E-state index is 0.277. The molecule has 1 aliphatic heterocycles. The summed E-state index contributed by atoms with van der Waals surface area (Å²) in [6.45, 7) is 4.03. The van der Waals surface area contributed by atoms with E-state index in [-0.39, 0.29) is 6.10 Å². The number of nitrogens with zero attached hydrogens (tertiary/aromatic N) is 3. The standard InChI is InChI=1S/C14H20N4OS/c1-3-10-7-11-12(16-14(15)17-13(11)20-10)18-6-4-5-9(8-18)19-2/h7,9H,3-6,8H2,1-2H3,(H2,15,16,17). The Morgan fingerprint density at radius 3 is 3.10 bits per heavy atom. The first-order valence-corrected chi connectivity index (χ1v) is 7.86. The van der Waals surface area contributed by atoms with E-state index in [0.717, 1.165) is 48.4 Å². The van der Waals surface area contributed by atoms with Gasteiger partial charge in [-0.3, -0.25) is 0 Å². The minimum Gasteiger partial charge on any atom is -0.380 e. The van der Waals surface area contributed by atoms with Crippen molar-refractivity contribution in [3.05, 3.63) is 10.9 Å². The Bertz CT molecular complexity index is 612. The number of nitrogens with two attached hydrogens (primary N) is 1. The maximum Gasteiger partial charge on any atom is 0.223 e. The van der Waals surface area contributed by atoms with Gasteiger partial charge in [0.15, 0.2) is 0 Å². The van der Waals surface area contributed by atoms with E-state index < -0.39 is 0 Å². The van der Waals surface area contributed by atoms with Crippen molar-refractivity contribution in [3.8, 4) is 0 Å². The molecular weight excluding hydrogens is 272 g/mol. The number of piperidine rings is 1. The van der Waals surface area contributed by atoms with Crippen molar-refractivity contribution in [2.24, 2.45) is 0 Å². The minimum atomic E-state index is 0.277. The van der Waals surface area contributed by atoms with E-state index in [1.165, 1.54) is 4.88 Å². The van der Waals surface area contributed by atoms with Crippen molar-refractivity contribution in [2.45, 2.75) is 32.3 Å². The molecule has 108 valence electrons. The smallest absolute Gasteiger partial charge is 0.223 e. The molecule has 0 bridgehead atoms. The van der Waals surface area contributed by atoms with Crippen LogP contribution in [0.2, 0.25) is 0 Å². The molecule has 0 spiro atoms. The Kier molecular flexibility index (Phi) is 3.76. The first kappa shape index (κ1) is 13.6. The third-order valence-electron chi connectivity index (χ3n) is 3.80. The van der Waals surface area contributed by atoms with E-state index in [1.54, 1.807) is 18.4 Å². The van der Waals surface area contributed by atoms with Crippen LogP contribution in [0, 0.1) is 0 Å². The van der Waals surface area contributed by atoms with E-state index in [9.17, 15) is 0 Å². The molecular formula is C14H20N4OS. The highest BCUT2D eigenvalue weighted by molar-refractivity contribution is 7.18. The highest BCUT2D eigenvalue weighted by Crippen LogP contribution is 2.33. The molecule has 6 heteroatoms. The number of anilines is 2. The van der Waals surface area contributed by atoms with Gasteiger partial charge < -0.3 is 15.4 Å². The number of fused-ring (bicyclic) bond motifs is 1. The van der Waals surface area contributed by atoms with E-state index in [0.29, 0.717) is 5.95 Å². The fourth-order valence-electron chi connectivity index (χ4n) is 2.71. The largest absolute Gasteiger partial charge is 0.380 e. The molecule has 3 heterocycles. The molecule has 1 fully saturated rings. The van der Waals surface area contributed by atoms with Gasteiger partial charge in [-0.15, -0.1) is 11.3 Å². The monoisotopic (exact) mass is 292 g/mol. The van der Waals surface area contributed by atoms with Gasteiger partial charge in [0.1, 0.15) is 10.6 Å². The van der Waals surface area contributed by atoms with Gasteiger partial charge >= 0.3 is 0 Å². The lowest BCUT2D eigenvalue weighted by Crippen LogP contribution is -2.39. The second-order valence-electron chi connectivity index (χ2n) is 5.14. The van der Waals surface area contributed by atoms with Crippen LogP contribution >= 0.6 is 11.3 Å². The predicted octanol–water partition coefficient (Wildman–Crippen LogP) is 2.45. The highest BCUT2D eigenvalue weighted by Gasteiger charge is 2.23. The van der Waals surface area contributed by atoms with Crippen molar-refractivity contribution in [3.63, 3.8) is 0 Å². The summed E-state index contributed by atoms with van der Waals surface area (Å²) in [5.74, 6) is 1.32. The Labute approximate surface area is 122 Å². The molecule has 1 saturated heterocycles. The number of methoxy groups -OCH3 is 1. The quantitative estimate of drug-likeness (QED) is 0.941. The third-order valence-corrected chi connectivity index (χ3v) is 4.97. The van der Waals surface area contributed by atoms with E-state index in [1.807, 2.05) is 0 Å². The lowest BCUT2D eigenvalue weighted by atomic mass is 10.1. The fraction of sp³-hybridized carbons (Fsp3) is 0.571. The van der Waals surface area contributed by atoms with Crippen LogP contribution in [-0.4, -0.2) is 36.3 Å². The highest BCUT2D eigenvalue weighted by atomic mass is 32.1. The summed E-state index contributed by atoms with van der Waals surface area (Å²) >= 11 is 1.71. The number of hydrogen-bond acceptors (Lipinski definition) is 6. The Morgan fingerprint density at radius 2 is 2.35 bits per heavy atom. The molecule has 5 nitrogen and oxygen atoms in total. The first-order chi connectivity index (χ1) is 9.71. The van der Waals surface area contributed by atoms with Crippen molar-refractivity contribution in [2.75, 3.05) is 30.8 Å². The number of thiophene rings is 1. The third kappa shape index (κ3) is 2.45. The molecule has 2 aromatic heterocycles. The lowest BCUT2D eigenvalue weighted by Gasteiger charge is -2.33. The number of hydrogen-bond donors (Lipinski definition) is 1.